The molecule has 4 unspecified atom stereocenters. The van der Waals surface area contributed by atoms with Gasteiger partial charge in [0, 0.05) is 11.3 Å². The summed E-state index contributed by atoms with van der Waals surface area (Å²) in [4.78, 5) is 0. The molecule has 148 valence electrons. The van der Waals surface area contributed by atoms with E-state index in [0.717, 1.165) is 18.8 Å². The Labute approximate surface area is 164 Å². The molecule has 0 radical (unpaired) electrons. The topological polar surface area (TPSA) is 40.5 Å². The van der Waals surface area contributed by atoms with Gasteiger partial charge in [0.15, 0.2) is 0 Å². The van der Waals surface area contributed by atoms with Crippen LogP contribution in [0.25, 0.3) is 0 Å². The molecular weight excluding hydrogens is 332 g/mol. The predicted molar refractivity (Wildman–Crippen MR) is 105 cm³/mol. The zero-order valence-electron chi connectivity index (χ0n) is 17.5. The summed E-state index contributed by atoms with van der Waals surface area (Å²) in [6, 6.07) is 0. The zero-order chi connectivity index (χ0) is 19.0. The Bertz CT molecular complexity index is 764. The molecule has 2 nitrogen and oxygen atoms in total. The molecule has 0 spiro atoms. The van der Waals surface area contributed by atoms with E-state index in [4.69, 9.17) is 0 Å². The maximum atomic E-state index is 12.0. The van der Waals surface area contributed by atoms with Crippen LogP contribution < -0.4 is 0 Å². The summed E-state index contributed by atoms with van der Waals surface area (Å²) in [5, 5.41) is 23.7. The molecule has 0 saturated heterocycles. The third kappa shape index (κ3) is 1.72. The molecule has 27 heavy (non-hydrogen) atoms. The van der Waals surface area contributed by atoms with Crippen molar-refractivity contribution >= 4 is 0 Å². The molecule has 0 bridgehead atoms. The van der Waals surface area contributed by atoms with Gasteiger partial charge in [-0.2, -0.15) is 0 Å². The van der Waals surface area contributed by atoms with Gasteiger partial charge in [-0.3, -0.25) is 0 Å². The summed E-state index contributed by atoms with van der Waals surface area (Å²) in [5.74, 6) is 11.4. The van der Waals surface area contributed by atoms with Crippen molar-refractivity contribution in [3.63, 3.8) is 0 Å². The predicted octanol–water partition coefficient (Wildman–Crippen LogP) is 4.25. The maximum absolute atomic E-state index is 12.0. The molecule has 2 N–H and O–H groups in total. The minimum atomic E-state index is -0.762. The Morgan fingerprint density at radius 2 is 1.59 bits per heavy atom. The van der Waals surface area contributed by atoms with E-state index in [1.807, 2.05) is 6.92 Å². The van der Waals surface area contributed by atoms with Gasteiger partial charge in [0.25, 0.3) is 0 Å². The average molecular weight is 369 g/mol. The van der Waals surface area contributed by atoms with Gasteiger partial charge in [0.1, 0.15) is 5.60 Å². The molecule has 6 rings (SSSR count). The van der Waals surface area contributed by atoms with Gasteiger partial charge in [-0.25, -0.2) is 0 Å². The summed E-state index contributed by atoms with van der Waals surface area (Å²) in [7, 11) is 0. The first-order chi connectivity index (χ1) is 12.7. The number of aliphatic hydroxyl groups is 2. The highest BCUT2D eigenvalue weighted by Gasteiger charge is 2.81. The molecular formula is C25H36O2. The van der Waals surface area contributed by atoms with E-state index in [1.165, 1.54) is 32.1 Å². The van der Waals surface area contributed by atoms with E-state index < -0.39 is 11.2 Å². The van der Waals surface area contributed by atoms with Crippen LogP contribution in [0.2, 0.25) is 0 Å². The van der Waals surface area contributed by atoms with E-state index in [0.29, 0.717) is 41.4 Å². The van der Waals surface area contributed by atoms with Crippen LogP contribution in [0, 0.1) is 70.0 Å². The monoisotopic (exact) mass is 368 g/mol. The highest BCUT2D eigenvalue weighted by atomic mass is 16.3. The van der Waals surface area contributed by atoms with E-state index in [1.54, 1.807) is 0 Å². The lowest BCUT2D eigenvalue weighted by Crippen LogP contribution is -2.65. The van der Waals surface area contributed by atoms with Crippen LogP contribution in [0.4, 0.5) is 0 Å². The second-order valence-corrected chi connectivity index (χ2v) is 12.0. The molecule has 6 saturated carbocycles. The number of fused-ring (bicyclic) bond motifs is 10. The zero-order valence-corrected chi connectivity index (χ0v) is 17.5. The molecule has 12 atom stereocenters. The molecule has 6 aliphatic carbocycles. The first-order valence-electron chi connectivity index (χ1n) is 11.6. The smallest absolute Gasteiger partial charge is 0.134 e. The highest BCUT2D eigenvalue weighted by Crippen LogP contribution is 2.81. The molecule has 0 amide bonds. The van der Waals surface area contributed by atoms with Gasteiger partial charge >= 0.3 is 0 Å². The molecule has 6 aliphatic rings. The molecule has 0 aromatic rings. The Hall–Kier alpha value is -0.520. The summed E-state index contributed by atoms with van der Waals surface area (Å²) >= 11 is 0. The van der Waals surface area contributed by atoms with Gasteiger partial charge < -0.3 is 10.2 Å². The SMILES string of the molecule is CC#C[C@]1(O)[C@H]2CC2C2C3C(CC[C@@]21C)[C@@]1(C)CC[C@H](C)C[C@@]1(O)[C@@H]1C[C@H]31. The fourth-order valence-electron chi connectivity index (χ4n) is 9.84. The summed E-state index contributed by atoms with van der Waals surface area (Å²) in [6.45, 7) is 9.05. The highest BCUT2D eigenvalue weighted by molar-refractivity contribution is 5.36. The van der Waals surface area contributed by atoms with Crippen molar-refractivity contribution in [2.75, 3.05) is 0 Å². The van der Waals surface area contributed by atoms with Crippen LogP contribution >= 0.6 is 0 Å². The molecule has 2 heteroatoms. The normalized spacial score (nSPS) is 67.6. The van der Waals surface area contributed by atoms with Crippen LogP contribution in [-0.4, -0.2) is 21.4 Å². The van der Waals surface area contributed by atoms with E-state index >= 15 is 0 Å². The van der Waals surface area contributed by atoms with Crippen LogP contribution in [0.15, 0.2) is 0 Å². The van der Waals surface area contributed by atoms with Gasteiger partial charge in [-0.1, -0.05) is 26.7 Å². The molecule has 6 fully saturated rings. The van der Waals surface area contributed by atoms with Crippen LogP contribution in [0.5, 0.6) is 0 Å². The Balaban J connectivity index is 1.44. The fraction of sp³-hybridized carbons (Fsp3) is 0.920. The minimum Gasteiger partial charge on any atom is -0.389 e. The lowest BCUT2D eigenvalue weighted by molar-refractivity contribution is -0.226. The largest absolute Gasteiger partial charge is 0.389 e. The second-order valence-electron chi connectivity index (χ2n) is 12.0. The number of rotatable bonds is 0. The Kier molecular flexibility index (Phi) is 3.08. The summed E-state index contributed by atoms with van der Waals surface area (Å²) < 4.78 is 0. The van der Waals surface area contributed by atoms with Gasteiger partial charge in [-0.15, -0.1) is 5.92 Å². The van der Waals surface area contributed by atoms with Crippen LogP contribution in [0.1, 0.15) is 72.6 Å². The van der Waals surface area contributed by atoms with Crippen molar-refractivity contribution in [1.82, 2.24) is 0 Å². The van der Waals surface area contributed by atoms with Gasteiger partial charge in [0.05, 0.1) is 5.60 Å². The van der Waals surface area contributed by atoms with Crippen molar-refractivity contribution in [1.29, 1.82) is 0 Å². The third-order valence-corrected chi connectivity index (χ3v) is 11.2. The summed E-state index contributed by atoms with van der Waals surface area (Å²) in [5.41, 5.74) is -1.14. The first kappa shape index (κ1) is 17.3. The maximum Gasteiger partial charge on any atom is 0.134 e. The second kappa shape index (κ2) is 4.79. The first-order valence-corrected chi connectivity index (χ1v) is 11.6. The lowest BCUT2D eigenvalue weighted by atomic mass is 9.42. The Morgan fingerprint density at radius 3 is 2.33 bits per heavy atom. The Morgan fingerprint density at radius 1 is 0.889 bits per heavy atom. The van der Waals surface area contributed by atoms with Gasteiger partial charge in [-0.05, 0) is 98.7 Å². The van der Waals surface area contributed by atoms with Crippen molar-refractivity contribution in [2.45, 2.75) is 83.8 Å². The molecule has 0 heterocycles. The van der Waals surface area contributed by atoms with E-state index in [-0.39, 0.29) is 10.8 Å². The molecule has 0 aliphatic heterocycles. The minimum absolute atomic E-state index is 0.0360. The quantitative estimate of drug-likeness (QED) is 0.628. The van der Waals surface area contributed by atoms with Gasteiger partial charge in [0.2, 0.25) is 0 Å². The standard InChI is InChI=1S/C25H36O2/c1-5-8-24(26)19-12-16(19)21-20-15-11-18(15)25(27)13-14(2)6-9-22(25,3)17(20)7-10-23(21,24)4/h14-21,26-27H,6-7,9-13H2,1-4H3/t14-,15-,16?,17?,18+,19-,20?,21?,22+,23-,24-,25+/m0/s1. The molecule has 0 aromatic carbocycles. The van der Waals surface area contributed by atoms with E-state index in [9.17, 15) is 10.2 Å². The van der Waals surface area contributed by atoms with Crippen LogP contribution in [0.3, 0.4) is 0 Å². The molecule has 0 aromatic heterocycles. The van der Waals surface area contributed by atoms with Crippen molar-refractivity contribution < 1.29 is 10.2 Å². The summed E-state index contributed by atoms with van der Waals surface area (Å²) in [6.07, 6.45) is 8.19. The third-order valence-electron chi connectivity index (χ3n) is 11.2. The number of hydrogen-bond donors (Lipinski definition) is 2. The lowest BCUT2D eigenvalue weighted by Gasteiger charge is -2.64. The fourth-order valence-corrected chi connectivity index (χ4v) is 9.84. The van der Waals surface area contributed by atoms with Crippen molar-refractivity contribution in [3.8, 4) is 11.8 Å². The average Bonchev–Trinajstić information content (AvgIpc) is 3.49. The number of hydrogen-bond acceptors (Lipinski definition) is 2. The van der Waals surface area contributed by atoms with Crippen LogP contribution in [-0.2, 0) is 0 Å². The van der Waals surface area contributed by atoms with Crippen molar-refractivity contribution in [2.24, 2.45) is 58.2 Å². The van der Waals surface area contributed by atoms with Crippen molar-refractivity contribution in [3.05, 3.63) is 0 Å². The van der Waals surface area contributed by atoms with E-state index in [2.05, 4.69) is 32.6 Å².